The fourth-order valence-electron chi connectivity index (χ4n) is 8.22. The molecule has 0 N–H and O–H groups in total. The largest absolute Gasteiger partial charge is 0.462 e. The van der Waals surface area contributed by atoms with Crippen LogP contribution in [0.5, 0.6) is 0 Å². The second-order valence-corrected chi connectivity index (χ2v) is 19.0. The van der Waals surface area contributed by atoms with Crippen molar-refractivity contribution in [3.05, 3.63) is 0 Å². The fourth-order valence-corrected chi connectivity index (χ4v) is 8.22. The Kier molecular flexibility index (Phi) is 47.2. The number of carbonyl (C=O) groups is 3. The topological polar surface area (TPSA) is 78.9 Å². The first-order valence-corrected chi connectivity index (χ1v) is 26.9. The molecule has 6 heteroatoms. The van der Waals surface area contributed by atoms with E-state index in [0.717, 1.165) is 63.7 Å². The zero-order valence-electron chi connectivity index (χ0n) is 40.9. The molecule has 356 valence electrons. The maximum absolute atomic E-state index is 12.8. The first kappa shape index (κ1) is 58.4. The van der Waals surface area contributed by atoms with Crippen LogP contribution >= 0.6 is 0 Å². The molecular formula is C54H104O6. The van der Waals surface area contributed by atoms with Crippen LogP contribution in [0.4, 0.5) is 0 Å². The summed E-state index contributed by atoms with van der Waals surface area (Å²) in [6.07, 6.45) is 51.0. The van der Waals surface area contributed by atoms with Crippen LogP contribution in [0.25, 0.3) is 0 Å². The maximum Gasteiger partial charge on any atom is 0.306 e. The summed E-state index contributed by atoms with van der Waals surface area (Å²) in [4.78, 5) is 37.9. The standard InChI is InChI=1S/C54H104O6/c1-5-7-9-11-13-15-16-17-18-19-20-21-22-23-26-30-34-38-42-46-53(56)59-49-51(48-58-52(55)45-41-37-33-28-14-12-10-8-6-2)60-54(57)47-43-39-35-31-27-24-25-29-32-36-40-44-50(3)4/h50-51H,5-49H2,1-4H3/t51-/m0/s1. The van der Waals surface area contributed by atoms with E-state index >= 15 is 0 Å². The summed E-state index contributed by atoms with van der Waals surface area (Å²) in [7, 11) is 0. The lowest BCUT2D eigenvalue weighted by atomic mass is 10.0. The van der Waals surface area contributed by atoms with Crippen molar-refractivity contribution in [3.63, 3.8) is 0 Å². The molecule has 0 saturated heterocycles. The molecular weight excluding hydrogens is 745 g/mol. The molecule has 60 heavy (non-hydrogen) atoms. The Morgan fingerprint density at radius 3 is 0.817 bits per heavy atom. The number of ether oxygens (including phenoxy) is 3. The molecule has 0 bridgehead atoms. The minimum absolute atomic E-state index is 0.0628. The summed E-state index contributed by atoms with van der Waals surface area (Å²) in [6.45, 7) is 9.01. The van der Waals surface area contributed by atoms with Crippen molar-refractivity contribution < 1.29 is 28.6 Å². The van der Waals surface area contributed by atoms with Gasteiger partial charge in [-0.25, -0.2) is 0 Å². The van der Waals surface area contributed by atoms with Crippen LogP contribution in [0.3, 0.4) is 0 Å². The van der Waals surface area contributed by atoms with Gasteiger partial charge in [0.25, 0.3) is 0 Å². The van der Waals surface area contributed by atoms with Crippen molar-refractivity contribution in [2.24, 2.45) is 5.92 Å². The van der Waals surface area contributed by atoms with Gasteiger partial charge in [-0.1, -0.05) is 265 Å². The fraction of sp³-hybridized carbons (Fsp3) is 0.944. The van der Waals surface area contributed by atoms with Gasteiger partial charge >= 0.3 is 17.9 Å². The molecule has 0 amide bonds. The monoisotopic (exact) mass is 849 g/mol. The van der Waals surface area contributed by atoms with Crippen LogP contribution in [0.1, 0.15) is 304 Å². The Hall–Kier alpha value is -1.59. The van der Waals surface area contributed by atoms with Crippen molar-refractivity contribution in [2.45, 2.75) is 310 Å². The molecule has 0 aliphatic carbocycles. The van der Waals surface area contributed by atoms with Crippen molar-refractivity contribution in [1.82, 2.24) is 0 Å². The van der Waals surface area contributed by atoms with Gasteiger partial charge in [-0.3, -0.25) is 14.4 Å². The van der Waals surface area contributed by atoms with Crippen molar-refractivity contribution in [2.75, 3.05) is 13.2 Å². The lowest BCUT2D eigenvalue weighted by Gasteiger charge is -2.18. The Bertz CT molecular complexity index is 903. The van der Waals surface area contributed by atoms with E-state index in [4.69, 9.17) is 14.2 Å². The molecule has 0 aromatic heterocycles. The van der Waals surface area contributed by atoms with Crippen LogP contribution in [0, 0.1) is 5.92 Å². The number of rotatable bonds is 49. The molecule has 0 aromatic rings. The summed E-state index contributed by atoms with van der Waals surface area (Å²) in [5, 5.41) is 0. The van der Waals surface area contributed by atoms with Gasteiger partial charge in [-0.2, -0.15) is 0 Å². The SMILES string of the molecule is CCCCCCCCCCCCCCCCCCCCCC(=O)OC[C@H](COC(=O)CCCCCCCCCCC)OC(=O)CCCCCCCCCCCCCC(C)C. The molecule has 0 unspecified atom stereocenters. The highest BCUT2D eigenvalue weighted by Crippen LogP contribution is 2.17. The van der Waals surface area contributed by atoms with Gasteiger partial charge in [0.05, 0.1) is 0 Å². The van der Waals surface area contributed by atoms with Gasteiger partial charge in [-0.15, -0.1) is 0 Å². The van der Waals surface area contributed by atoms with Gasteiger partial charge < -0.3 is 14.2 Å². The second kappa shape index (κ2) is 48.4. The first-order valence-electron chi connectivity index (χ1n) is 26.9. The van der Waals surface area contributed by atoms with Gasteiger partial charge in [-0.05, 0) is 25.2 Å². The van der Waals surface area contributed by atoms with Crippen LogP contribution in [0.15, 0.2) is 0 Å². The van der Waals surface area contributed by atoms with Gasteiger partial charge in [0.15, 0.2) is 6.10 Å². The van der Waals surface area contributed by atoms with E-state index in [1.807, 2.05) is 0 Å². The smallest absolute Gasteiger partial charge is 0.306 e. The molecule has 0 aromatic carbocycles. The van der Waals surface area contributed by atoms with Crippen LogP contribution in [-0.2, 0) is 28.6 Å². The molecule has 0 spiro atoms. The van der Waals surface area contributed by atoms with Gasteiger partial charge in [0.2, 0.25) is 0 Å². The van der Waals surface area contributed by atoms with Crippen molar-refractivity contribution >= 4 is 17.9 Å². The van der Waals surface area contributed by atoms with Gasteiger partial charge in [0, 0.05) is 19.3 Å². The third-order valence-corrected chi connectivity index (χ3v) is 12.3. The lowest BCUT2D eigenvalue weighted by molar-refractivity contribution is -0.167. The van der Waals surface area contributed by atoms with Gasteiger partial charge in [0.1, 0.15) is 13.2 Å². The van der Waals surface area contributed by atoms with E-state index in [9.17, 15) is 14.4 Å². The summed E-state index contributed by atoms with van der Waals surface area (Å²) >= 11 is 0. The molecule has 0 saturated carbocycles. The number of esters is 3. The van der Waals surface area contributed by atoms with Crippen LogP contribution in [0.2, 0.25) is 0 Å². The molecule has 0 rings (SSSR count). The molecule has 0 heterocycles. The Balaban J connectivity index is 4.21. The maximum atomic E-state index is 12.8. The quantitative estimate of drug-likeness (QED) is 0.0345. The highest BCUT2D eigenvalue weighted by molar-refractivity contribution is 5.71. The summed E-state index contributed by atoms with van der Waals surface area (Å²) in [5.41, 5.74) is 0. The molecule has 6 nitrogen and oxygen atoms in total. The highest BCUT2D eigenvalue weighted by atomic mass is 16.6. The summed E-state index contributed by atoms with van der Waals surface area (Å²) in [6, 6.07) is 0. The molecule has 0 aliphatic heterocycles. The average Bonchev–Trinajstić information content (AvgIpc) is 3.23. The average molecular weight is 849 g/mol. The van der Waals surface area contributed by atoms with E-state index in [1.165, 1.54) is 199 Å². The van der Waals surface area contributed by atoms with Crippen molar-refractivity contribution in [1.29, 1.82) is 0 Å². The first-order chi connectivity index (χ1) is 29.4. The van der Waals surface area contributed by atoms with E-state index in [1.54, 1.807) is 0 Å². The highest BCUT2D eigenvalue weighted by Gasteiger charge is 2.19. The normalized spacial score (nSPS) is 11.9. The Labute approximate surface area is 374 Å². The van der Waals surface area contributed by atoms with E-state index < -0.39 is 6.10 Å². The summed E-state index contributed by atoms with van der Waals surface area (Å²) < 4.78 is 16.8. The summed E-state index contributed by atoms with van der Waals surface area (Å²) in [5.74, 6) is -0.0207. The number of unbranched alkanes of at least 4 members (excludes halogenated alkanes) is 36. The third-order valence-electron chi connectivity index (χ3n) is 12.3. The second-order valence-electron chi connectivity index (χ2n) is 19.0. The van der Waals surface area contributed by atoms with Crippen molar-refractivity contribution in [3.8, 4) is 0 Å². The molecule has 0 radical (unpaired) electrons. The van der Waals surface area contributed by atoms with E-state index in [-0.39, 0.29) is 31.1 Å². The number of hydrogen-bond acceptors (Lipinski definition) is 6. The predicted octanol–water partition coefficient (Wildman–Crippen LogP) is 17.5. The Morgan fingerprint density at radius 1 is 0.317 bits per heavy atom. The molecule has 1 atom stereocenters. The zero-order chi connectivity index (χ0) is 43.8. The lowest BCUT2D eigenvalue weighted by Crippen LogP contribution is -2.30. The minimum atomic E-state index is -0.760. The Morgan fingerprint density at radius 2 is 0.550 bits per heavy atom. The number of carbonyl (C=O) groups excluding carboxylic acids is 3. The van der Waals surface area contributed by atoms with Crippen LogP contribution in [-0.4, -0.2) is 37.2 Å². The number of hydrogen-bond donors (Lipinski definition) is 0. The third kappa shape index (κ3) is 47.5. The molecule has 0 fully saturated rings. The van der Waals surface area contributed by atoms with E-state index in [2.05, 4.69) is 27.7 Å². The minimum Gasteiger partial charge on any atom is -0.462 e. The zero-order valence-corrected chi connectivity index (χ0v) is 40.9. The predicted molar refractivity (Wildman–Crippen MR) is 257 cm³/mol. The van der Waals surface area contributed by atoms with Crippen LogP contribution < -0.4 is 0 Å². The van der Waals surface area contributed by atoms with E-state index in [0.29, 0.717) is 19.3 Å². The molecule has 0 aliphatic rings.